The van der Waals surface area contributed by atoms with Crippen molar-refractivity contribution in [2.45, 2.75) is 19.8 Å². The molecule has 0 unspecified atom stereocenters. The van der Waals surface area contributed by atoms with E-state index in [1.165, 1.54) is 0 Å². The number of hydrogen-bond donors (Lipinski definition) is 0. The first-order chi connectivity index (χ1) is 15.0. The highest BCUT2D eigenvalue weighted by atomic mass is 16.5. The summed E-state index contributed by atoms with van der Waals surface area (Å²) >= 11 is 0. The summed E-state index contributed by atoms with van der Waals surface area (Å²) in [5.74, 6) is 0.343. The highest BCUT2D eigenvalue weighted by Crippen LogP contribution is 2.32. The van der Waals surface area contributed by atoms with Gasteiger partial charge >= 0.3 is 5.97 Å². The molecule has 0 amide bonds. The summed E-state index contributed by atoms with van der Waals surface area (Å²) in [7, 11) is 1.66. The molecule has 2 aromatic carbocycles. The van der Waals surface area contributed by atoms with Crippen molar-refractivity contribution in [2.24, 2.45) is 5.92 Å². The van der Waals surface area contributed by atoms with Gasteiger partial charge in [-0.2, -0.15) is 0 Å². The Balaban J connectivity index is 1.47. The van der Waals surface area contributed by atoms with Crippen LogP contribution < -0.4 is 30.3 Å². The van der Waals surface area contributed by atoms with Crippen LogP contribution >= 0.6 is 0 Å². The third-order valence-electron chi connectivity index (χ3n) is 6.24. The van der Waals surface area contributed by atoms with Gasteiger partial charge in [-0.1, -0.05) is 12.1 Å². The molecular formula is C23H29N3O5. The zero-order valence-electron chi connectivity index (χ0n) is 18.1. The number of carbonyl (C=O) groups excluding carboxylic acids is 1. The molecule has 1 atom stereocenters. The number of nitrogens with zero attached hydrogens (tertiary/aromatic N) is 3. The van der Waals surface area contributed by atoms with E-state index >= 15 is 0 Å². The van der Waals surface area contributed by atoms with Crippen molar-refractivity contribution in [1.29, 1.82) is 0 Å². The Morgan fingerprint density at radius 2 is 1.61 bits per heavy atom. The van der Waals surface area contributed by atoms with Crippen LogP contribution in [-0.2, 0) is 9.53 Å². The zero-order chi connectivity index (χ0) is 22.0. The maximum Gasteiger partial charge on any atom is 0.310 e. The summed E-state index contributed by atoms with van der Waals surface area (Å²) in [5.41, 5.74) is 1.16. The Morgan fingerprint density at radius 3 is 2.29 bits per heavy atom. The molecule has 0 radical (unpaired) electrons. The number of benzene rings is 1. The van der Waals surface area contributed by atoms with Gasteiger partial charge in [0.05, 0.1) is 25.3 Å². The van der Waals surface area contributed by atoms with Crippen LogP contribution in [0.2, 0.25) is 0 Å². The highest BCUT2D eigenvalue weighted by Gasteiger charge is 2.35. The molecule has 4 rings (SSSR count). The molecular weight excluding hydrogens is 398 g/mol. The van der Waals surface area contributed by atoms with Gasteiger partial charge in [-0.05, 0) is 31.9 Å². The number of rotatable bonds is 6. The first-order valence-electron chi connectivity index (χ1n) is 10.9. The number of carbonyl (C=O) groups is 1. The molecule has 2 aromatic rings. The fourth-order valence-corrected chi connectivity index (χ4v) is 4.65. The molecule has 8 heteroatoms. The maximum absolute atomic E-state index is 12.5. The van der Waals surface area contributed by atoms with Crippen molar-refractivity contribution in [2.75, 3.05) is 67.7 Å². The lowest BCUT2D eigenvalue weighted by atomic mass is 9.96. The van der Waals surface area contributed by atoms with E-state index in [9.17, 15) is 14.4 Å². The molecule has 0 aromatic heterocycles. The van der Waals surface area contributed by atoms with Crippen molar-refractivity contribution in [3.05, 3.63) is 44.7 Å². The molecule has 0 bridgehead atoms. The standard InChI is InChI=1S/C23H29N3O5/c1-3-31-23(29)16-7-6-10-26(15-16)20-19(21(27)22(20)28)25-13-11-24(12-14-25)17-8-4-5-9-18(17)30-2/h4-5,8-9,16H,3,6-7,10-15H2,1-2H3/t16-/m0/s1. The fourth-order valence-electron chi connectivity index (χ4n) is 4.65. The number of para-hydroxylation sites is 2. The van der Waals surface area contributed by atoms with Crippen LogP contribution in [0.1, 0.15) is 19.8 Å². The van der Waals surface area contributed by atoms with E-state index in [-0.39, 0.29) is 11.9 Å². The topological polar surface area (TPSA) is 79.4 Å². The van der Waals surface area contributed by atoms with Crippen LogP contribution in [0.4, 0.5) is 17.1 Å². The number of ether oxygens (including phenoxy) is 2. The highest BCUT2D eigenvalue weighted by molar-refractivity contribution is 5.79. The molecule has 8 nitrogen and oxygen atoms in total. The van der Waals surface area contributed by atoms with Crippen molar-refractivity contribution in [1.82, 2.24) is 0 Å². The van der Waals surface area contributed by atoms with Crippen LogP contribution in [0.5, 0.6) is 5.75 Å². The van der Waals surface area contributed by atoms with Crippen LogP contribution in [0.3, 0.4) is 0 Å². The summed E-state index contributed by atoms with van der Waals surface area (Å²) in [5, 5.41) is 0. The van der Waals surface area contributed by atoms with Crippen molar-refractivity contribution < 1.29 is 14.3 Å². The van der Waals surface area contributed by atoms with Crippen LogP contribution in [0, 0.1) is 5.92 Å². The monoisotopic (exact) mass is 427 g/mol. The molecule has 0 N–H and O–H groups in total. The van der Waals surface area contributed by atoms with E-state index in [4.69, 9.17) is 9.47 Å². The third-order valence-corrected chi connectivity index (χ3v) is 6.24. The molecule has 0 aliphatic carbocycles. The number of methoxy groups -OCH3 is 1. The predicted molar refractivity (Wildman–Crippen MR) is 120 cm³/mol. The lowest BCUT2D eigenvalue weighted by molar-refractivity contribution is -0.148. The maximum atomic E-state index is 12.5. The van der Waals surface area contributed by atoms with Crippen LogP contribution in [0.25, 0.3) is 0 Å². The molecule has 0 saturated carbocycles. The zero-order valence-corrected chi connectivity index (χ0v) is 18.1. The summed E-state index contributed by atoms with van der Waals surface area (Å²) < 4.78 is 10.6. The Morgan fingerprint density at radius 1 is 0.968 bits per heavy atom. The first-order valence-corrected chi connectivity index (χ1v) is 10.9. The van der Waals surface area contributed by atoms with E-state index in [0.717, 1.165) is 37.4 Å². The van der Waals surface area contributed by atoms with Crippen molar-refractivity contribution in [3.63, 3.8) is 0 Å². The summed E-state index contributed by atoms with van der Waals surface area (Å²) in [6.45, 7) is 5.98. The molecule has 166 valence electrons. The van der Waals surface area contributed by atoms with Gasteiger partial charge in [0.25, 0.3) is 10.9 Å². The predicted octanol–water partition coefficient (Wildman–Crippen LogP) is 1.40. The third kappa shape index (κ3) is 3.98. The second-order valence-corrected chi connectivity index (χ2v) is 8.04. The Bertz CT molecular complexity index is 1010. The largest absolute Gasteiger partial charge is 0.495 e. The van der Waals surface area contributed by atoms with Gasteiger partial charge in [0.1, 0.15) is 17.1 Å². The Labute approximate surface area is 181 Å². The van der Waals surface area contributed by atoms with E-state index < -0.39 is 10.9 Å². The van der Waals surface area contributed by atoms with Gasteiger partial charge in [-0.15, -0.1) is 0 Å². The molecule has 2 aliphatic heterocycles. The fraction of sp³-hybridized carbons (Fsp3) is 0.522. The molecule has 0 spiro atoms. The Hall–Kier alpha value is -3.03. The average molecular weight is 428 g/mol. The number of piperidine rings is 1. The molecule has 2 saturated heterocycles. The van der Waals surface area contributed by atoms with Gasteiger partial charge in [-0.3, -0.25) is 14.4 Å². The van der Waals surface area contributed by atoms with E-state index in [2.05, 4.69) is 4.90 Å². The van der Waals surface area contributed by atoms with Gasteiger partial charge in [0.2, 0.25) is 0 Å². The van der Waals surface area contributed by atoms with E-state index in [0.29, 0.717) is 44.2 Å². The quantitative estimate of drug-likeness (QED) is 0.506. The minimum atomic E-state index is -0.438. The lowest BCUT2D eigenvalue weighted by Crippen LogP contribution is -2.54. The van der Waals surface area contributed by atoms with Gasteiger partial charge in [-0.25, -0.2) is 0 Å². The Kier molecular flexibility index (Phi) is 6.15. The second kappa shape index (κ2) is 8.99. The summed E-state index contributed by atoms with van der Waals surface area (Å²) in [4.78, 5) is 43.3. The molecule has 2 aliphatic rings. The lowest BCUT2D eigenvalue weighted by Gasteiger charge is -2.41. The van der Waals surface area contributed by atoms with Gasteiger partial charge in [0.15, 0.2) is 0 Å². The first kappa shape index (κ1) is 21.2. The number of esters is 1. The number of piperazine rings is 1. The number of anilines is 3. The molecule has 2 fully saturated rings. The second-order valence-electron chi connectivity index (χ2n) is 8.04. The molecule has 2 heterocycles. The summed E-state index contributed by atoms with van der Waals surface area (Å²) in [6, 6.07) is 7.89. The van der Waals surface area contributed by atoms with E-state index in [1.54, 1.807) is 14.0 Å². The summed E-state index contributed by atoms with van der Waals surface area (Å²) in [6.07, 6.45) is 1.54. The van der Waals surface area contributed by atoms with E-state index in [1.807, 2.05) is 34.1 Å². The normalized spacial score (nSPS) is 19.5. The minimum Gasteiger partial charge on any atom is -0.495 e. The van der Waals surface area contributed by atoms with Gasteiger partial charge in [0, 0.05) is 39.3 Å². The minimum absolute atomic E-state index is 0.224. The van der Waals surface area contributed by atoms with Gasteiger partial charge < -0.3 is 24.2 Å². The average Bonchev–Trinajstić information content (AvgIpc) is 2.82. The van der Waals surface area contributed by atoms with Crippen molar-refractivity contribution in [3.8, 4) is 5.75 Å². The smallest absolute Gasteiger partial charge is 0.310 e. The molecule has 31 heavy (non-hydrogen) atoms. The van der Waals surface area contributed by atoms with Crippen LogP contribution in [0.15, 0.2) is 33.9 Å². The SMILES string of the molecule is CCOC(=O)[C@H]1CCCN(c2c(N3CCN(c4ccccc4OC)CC3)c(=O)c2=O)C1. The van der Waals surface area contributed by atoms with Crippen LogP contribution in [-0.4, -0.2) is 59.0 Å². The van der Waals surface area contributed by atoms with Crippen molar-refractivity contribution >= 4 is 23.0 Å². The number of hydrogen-bond acceptors (Lipinski definition) is 8.